The predicted octanol–water partition coefficient (Wildman–Crippen LogP) is 2.94. The van der Waals surface area contributed by atoms with Crippen molar-refractivity contribution < 1.29 is 9.90 Å². The number of phenolic OH excluding ortho intramolecular Hbond substituents is 1. The molecule has 0 saturated carbocycles. The van der Waals surface area contributed by atoms with Crippen LogP contribution in [0.4, 0.5) is 0 Å². The number of hydrogen-bond acceptors (Lipinski definition) is 2. The van der Waals surface area contributed by atoms with Gasteiger partial charge < -0.3 is 5.11 Å². The van der Waals surface area contributed by atoms with E-state index in [9.17, 15) is 4.79 Å². The van der Waals surface area contributed by atoms with Crippen LogP contribution in [-0.4, -0.2) is 10.9 Å². The van der Waals surface area contributed by atoms with Crippen LogP contribution in [0.3, 0.4) is 0 Å². The van der Waals surface area contributed by atoms with E-state index in [4.69, 9.17) is 5.11 Å². The third-order valence-corrected chi connectivity index (χ3v) is 2.61. The van der Waals surface area contributed by atoms with E-state index in [2.05, 4.69) is 13.8 Å². The molecule has 1 unspecified atom stereocenters. The normalized spacial score (nSPS) is 12.4. The number of phenols is 1. The molecule has 0 spiro atoms. The molecule has 0 aliphatic rings. The van der Waals surface area contributed by atoms with Gasteiger partial charge in [-0.05, 0) is 23.6 Å². The predicted molar refractivity (Wildman–Crippen MR) is 60.9 cm³/mol. The lowest BCUT2D eigenvalue weighted by atomic mass is 9.98. The molecule has 1 aromatic carbocycles. The van der Waals surface area contributed by atoms with Gasteiger partial charge in [0.25, 0.3) is 0 Å². The highest BCUT2D eigenvalue weighted by Gasteiger charge is 2.08. The van der Waals surface area contributed by atoms with Crippen molar-refractivity contribution in [2.45, 2.75) is 33.1 Å². The van der Waals surface area contributed by atoms with E-state index >= 15 is 0 Å². The van der Waals surface area contributed by atoms with Crippen LogP contribution in [0.1, 0.15) is 32.3 Å². The van der Waals surface area contributed by atoms with E-state index in [1.807, 2.05) is 0 Å². The maximum Gasteiger partial charge on any atom is 0.137 e. The van der Waals surface area contributed by atoms with E-state index in [1.54, 1.807) is 24.3 Å². The van der Waals surface area contributed by atoms with Gasteiger partial charge >= 0.3 is 0 Å². The van der Waals surface area contributed by atoms with Crippen LogP contribution < -0.4 is 0 Å². The van der Waals surface area contributed by atoms with Crippen molar-refractivity contribution in [2.24, 2.45) is 5.92 Å². The maximum absolute atomic E-state index is 11.6. The molecule has 0 heterocycles. The summed E-state index contributed by atoms with van der Waals surface area (Å²) in [5, 5.41) is 9.09. The molecule has 1 aromatic rings. The molecule has 2 nitrogen and oxygen atoms in total. The number of carbonyl (C=O) groups is 1. The molecule has 0 saturated heterocycles. The first-order valence-electron chi connectivity index (χ1n) is 5.41. The molecular formula is C13H18O2. The number of ketones is 1. The zero-order chi connectivity index (χ0) is 11.3. The van der Waals surface area contributed by atoms with Crippen LogP contribution in [0.2, 0.25) is 0 Å². The third kappa shape index (κ3) is 4.15. The average molecular weight is 206 g/mol. The molecular weight excluding hydrogens is 188 g/mol. The van der Waals surface area contributed by atoms with Crippen LogP contribution in [0.15, 0.2) is 24.3 Å². The number of benzene rings is 1. The smallest absolute Gasteiger partial charge is 0.137 e. The highest BCUT2D eigenvalue weighted by molar-refractivity contribution is 5.81. The lowest BCUT2D eigenvalue weighted by molar-refractivity contribution is -0.119. The van der Waals surface area contributed by atoms with Crippen molar-refractivity contribution in [2.75, 3.05) is 0 Å². The van der Waals surface area contributed by atoms with Crippen LogP contribution in [0, 0.1) is 5.92 Å². The van der Waals surface area contributed by atoms with E-state index in [0.29, 0.717) is 18.8 Å². The lowest BCUT2D eigenvalue weighted by Crippen LogP contribution is -2.07. The first-order chi connectivity index (χ1) is 7.11. The van der Waals surface area contributed by atoms with Gasteiger partial charge in [0.05, 0.1) is 0 Å². The Morgan fingerprint density at radius 3 is 2.47 bits per heavy atom. The summed E-state index contributed by atoms with van der Waals surface area (Å²) in [4.78, 5) is 11.6. The Balaban J connectivity index is 2.48. The Kier molecular flexibility index (Phi) is 4.35. The number of aromatic hydroxyl groups is 1. The fourth-order valence-electron chi connectivity index (χ4n) is 1.45. The van der Waals surface area contributed by atoms with Crippen LogP contribution in [-0.2, 0) is 11.2 Å². The van der Waals surface area contributed by atoms with Crippen molar-refractivity contribution in [3.8, 4) is 5.75 Å². The molecule has 0 radical (unpaired) electrons. The van der Waals surface area contributed by atoms with Gasteiger partial charge in [0.2, 0.25) is 0 Å². The summed E-state index contributed by atoms with van der Waals surface area (Å²) in [6.07, 6.45) is 2.17. The molecule has 0 aromatic heterocycles. The minimum absolute atomic E-state index is 0.244. The molecule has 0 bridgehead atoms. The Labute approximate surface area is 90.9 Å². The summed E-state index contributed by atoms with van der Waals surface area (Å²) in [6.45, 7) is 4.19. The monoisotopic (exact) mass is 206 g/mol. The minimum atomic E-state index is 0.244. The van der Waals surface area contributed by atoms with E-state index < -0.39 is 0 Å². The Hall–Kier alpha value is -1.31. The third-order valence-electron chi connectivity index (χ3n) is 2.61. The summed E-state index contributed by atoms with van der Waals surface area (Å²) >= 11 is 0. The first-order valence-corrected chi connectivity index (χ1v) is 5.41. The van der Waals surface area contributed by atoms with Crippen molar-refractivity contribution in [1.29, 1.82) is 0 Å². The van der Waals surface area contributed by atoms with Crippen molar-refractivity contribution >= 4 is 5.78 Å². The van der Waals surface area contributed by atoms with Crippen molar-refractivity contribution in [1.82, 2.24) is 0 Å². The van der Waals surface area contributed by atoms with Crippen LogP contribution in [0.5, 0.6) is 5.75 Å². The summed E-state index contributed by atoms with van der Waals surface area (Å²) in [7, 11) is 0. The van der Waals surface area contributed by atoms with E-state index in [0.717, 1.165) is 12.0 Å². The Bertz CT molecular complexity index is 314. The van der Waals surface area contributed by atoms with Gasteiger partial charge in [-0.25, -0.2) is 0 Å². The Morgan fingerprint density at radius 2 is 1.93 bits per heavy atom. The number of carbonyl (C=O) groups excluding carboxylic acids is 1. The topological polar surface area (TPSA) is 37.3 Å². The van der Waals surface area contributed by atoms with Gasteiger partial charge in [-0.3, -0.25) is 4.79 Å². The maximum atomic E-state index is 11.6. The van der Waals surface area contributed by atoms with E-state index in [-0.39, 0.29) is 11.5 Å². The summed E-state index contributed by atoms with van der Waals surface area (Å²) < 4.78 is 0. The molecule has 0 aliphatic heterocycles. The highest BCUT2D eigenvalue weighted by atomic mass is 16.3. The van der Waals surface area contributed by atoms with Crippen LogP contribution >= 0.6 is 0 Å². The van der Waals surface area contributed by atoms with Gasteiger partial charge in [0.15, 0.2) is 0 Å². The number of hydrogen-bond donors (Lipinski definition) is 1. The number of rotatable bonds is 5. The van der Waals surface area contributed by atoms with Gasteiger partial charge in [0.1, 0.15) is 11.5 Å². The molecule has 2 heteroatoms. The largest absolute Gasteiger partial charge is 0.508 e. The molecule has 1 atom stereocenters. The minimum Gasteiger partial charge on any atom is -0.508 e. The zero-order valence-electron chi connectivity index (χ0n) is 9.36. The van der Waals surface area contributed by atoms with Gasteiger partial charge in [0, 0.05) is 12.8 Å². The molecule has 0 fully saturated rings. The fraction of sp³-hybridized carbons (Fsp3) is 0.462. The SMILES string of the molecule is CCC(C)CC(=O)Cc1ccc(O)cc1. The fourth-order valence-corrected chi connectivity index (χ4v) is 1.45. The lowest BCUT2D eigenvalue weighted by Gasteiger charge is -2.07. The summed E-state index contributed by atoms with van der Waals surface area (Å²) in [6, 6.07) is 6.82. The quantitative estimate of drug-likeness (QED) is 0.804. The molecule has 0 amide bonds. The summed E-state index contributed by atoms with van der Waals surface area (Å²) in [5.41, 5.74) is 0.973. The second kappa shape index (κ2) is 5.54. The molecule has 1 N–H and O–H groups in total. The number of Topliss-reactive ketones (excluding diaryl/α,β-unsaturated/α-hetero) is 1. The summed E-state index contributed by atoms with van der Waals surface area (Å²) in [5.74, 6) is 0.984. The second-order valence-corrected chi connectivity index (χ2v) is 4.10. The standard InChI is InChI=1S/C13H18O2/c1-3-10(2)8-13(15)9-11-4-6-12(14)7-5-11/h4-7,10,14H,3,8-9H2,1-2H3. The molecule has 0 aliphatic carbocycles. The van der Waals surface area contributed by atoms with Gasteiger partial charge in [-0.1, -0.05) is 32.4 Å². The van der Waals surface area contributed by atoms with Crippen molar-refractivity contribution in [3.63, 3.8) is 0 Å². The zero-order valence-corrected chi connectivity index (χ0v) is 9.36. The second-order valence-electron chi connectivity index (χ2n) is 4.10. The molecule has 15 heavy (non-hydrogen) atoms. The van der Waals surface area contributed by atoms with Gasteiger partial charge in [-0.2, -0.15) is 0 Å². The molecule has 1 rings (SSSR count). The first kappa shape index (κ1) is 11.8. The Morgan fingerprint density at radius 1 is 1.33 bits per heavy atom. The molecule has 82 valence electrons. The highest BCUT2D eigenvalue weighted by Crippen LogP contribution is 2.13. The van der Waals surface area contributed by atoms with Gasteiger partial charge in [-0.15, -0.1) is 0 Å². The van der Waals surface area contributed by atoms with E-state index in [1.165, 1.54) is 0 Å². The van der Waals surface area contributed by atoms with Crippen LogP contribution in [0.25, 0.3) is 0 Å². The average Bonchev–Trinajstić information content (AvgIpc) is 2.21. The van der Waals surface area contributed by atoms with Crippen molar-refractivity contribution in [3.05, 3.63) is 29.8 Å².